The second-order valence-electron chi connectivity index (χ2n) is 10.9. The molecule has 2 aliphatic heterocycles. The lowest BCUT2D eigenvalue weighted by molar-refractivity contribution is -0.167. The Morgan fingerprint density at radius 1 is 1.18 bits per heavy atom. The summed E-state index contributed by atoms with van der Waals surface area (Å²) < 4.78 is 82.8. The summed E-state index contributed by atoms with van der Waals surface area (Å²) in [7, 11) is 1.59. The maximum absolute atomic E-state index is 15.1. The van der Waals surface area contributed by atoms with Crippen LogP contribution in [0.3, 0.4) is 0 Å². The van der Waals surface area contributed by atoms with E-state index in [2.05, 4.69) is 10.3 Å². The maximum atomic E-state index is 15.1. The standard InChI is InChI=1S/C30H29F5N4O6/c1-15-13-38(2)28(41)25(36-15)19-6-5-16(18-4-3-8-45-26(18)19)10-22(29(42)43)37-27(40)24-20(31)11-17(12-21(24)32)39-7-9-44-14-23(39)30(33,34)35/h5-6,11-13,22-23H,3-4,7-10,14H2,1-2H3,(H,37,40)(H,42,43)/t22-,23+/m0/s1. The summed E-state index contributed by atoms with van der Waals surface area (Å²) in [6, 6.07) is 0.575. The van der Waals surface area contributed by atoms with Crippen molar-refractivity contribution in [1.29, 1.82) is 0 Å². The second-order valence-corrected chi connectivity index (χ2v) is 10.9. The fourth-order valence-electron chi connectivity index (χ4n) is 5.62. The molecule has 1 saturated heterocycles. The van der Waals surface area contributed by atoms with Crippen molar-refractivity contribution in [2.75, 3.05) is 31.3 Å². The van der Waals surface area contributed by atoms with Crippen molar-refractivity contribution in [3.05, 3.63) is 74.8 Å². The smallest absolute Gasteiger partial charge is 0.411 e. The molecule has 240 valence electrons. The lowest BCUT2D eigenvalue weighted by Crippen LogP contribution is -2.53. The molecule has 0 radical (unpaired) electrons. The summed E-state index contributed by atoms with van der Waals surface area (Å²) in [6.45, 7) is 0.940. The number of morpholine rings is 1. The van der Waals surface area contributed by atoms with E-state index < -0.39 is 59.6 Å². The van der Waals surface area contributed by atoms with E-state index >= 15 is 8.78 Å². The van der Waals surface area contributed by atoms with Gasteiger partial charge in [0.15, 0.2) is 0 Å². The summed E-state index contributed by atoms with van der Waals surface area (Å²) in [6.07, 6.45) is -2.40. The summed E-state index contributed by atoms with van der Waals surface area (Å²) >= 11 is 0. The third kappa shape index (κ3) is 6.48. The molecule has 1 fully saturated rings. The third-order valence-corrected chi connectivity index (χ3v) is 7.74. The van der Waals surface area contributed by atoms with Crippen molar-refractivity contribution in [1.82, 2.24) is 14.9 Å². The molecule has 2 aliphatic rings. The van der Waals surface area contributed by atoms with Crippen LogP contribution in [0.15, 0.2) is 35.3 Å². The number of rotatable bonds is 7. The van der Waals surface area contributed by atoms with Gasteiger partial charge in [0, 0.05) is 37.5 Å². The predicted octanol–water partition coefficient (Wildman–Crippen LogP) is 3.55. The summed E-state index contributed by atoms with van der Waals surface area (Å²) in [5.74, 6) is -5.45. The normalized spacial score (nSPS) is 17.3. The van der Waals surface area contributed by atoms with Crippen LogP contribution >= 0.6 is 0 Å². The van der Waals surface area contributed by atoms with Crippen LogP contribution in [0.25, 0.3) is 11.3 Å². The molecule has 2 atom stereocenters. The van der Waals surface area contributed by atoms with Gasteiger partial charge >= 0.3 is 12.1 Å². The van der Waals surface area contributed by atoms with Crippen molar-refractivity contribution in [2.45, 2.75) is 44.4 Å². The largest absolute Gasteiger partial charge is 0.493 e. The number of carbonyl (C=O) groups is 2. The van der Waals surface area contributed by atoms with Crippen molar-refractivity contribution < 1.29 is 46.1 Å². The monoisotopic (exact) mass is 636 g/mol. The number of amides is 1. The number of carboxylic acid groups (broad SMARTS) is 1. The predicted molar refractivity (Wildman–Crippen MR) is 150 cm³/mol. The molecule has 1 aromatic heterocycles. The highest BCUT2D eigenvalue weighted by atomic mass is 19.4. The van der Waals surface area contributed by atoms with Crippen LogP contribution in [0.4, 0.5) is 27.6 Å². The number of aliphatic carboxylic acids is 1. The average molecular weight is 637 g/mol. The van der Waals surface area contributed by atoms with Crippen LogP contribution in [0.1, 0.15) is 33.6 Å². The first-order chi connectivity index (χ1) is 21.3. The molecule has 45 heavy (non-hydrogen) atoms. The minimum Gasteiger partial charge on any atom is -0.493 e. The minimum atomic E-state index is -4.74. The number of aryl methyl sites for hydroxylation is 2. The Hall–Kier alpha value is -4.53. The van der Waals surface area contributed by atoms with E-state index in [1.54, 1.807) is 32.3 Å². The first-order valence-electron chi connectivity index (χ1n) is 14.0. The summed E-state index contributed by atoms with van der Waals surface area (Å²) in [5.41, 5.74) is 0.299. The number of carboxylic acids is 1. The number of fused-ring (bicyclic) bond motifs is 1. The summed E-state index contributed by atoms with van der Waals surface area (Å²) in [5, 5.41) is 12.0. The molecule has 0 bridgehead atoms. The average Bonchev–Trinajstić information content (AvgIpc) is 2.98. The van der Waals surface area contributed by atoms with E-state index in [0.29, 0.717) is 59.7 Å². The molecular formula is C30H29F5N4O6. The van der Waals surface area contributed by atoms with Gasteiger partial charge < -0.3 is 29.4 Å². The molecular weight excluding hydrogens is 607 g/mol. The molecule has 0 unspecified atom stereocenters. The number of hydrogen-bond donors (Lipinski definition) is 2. The number of carbonyl (C=O) groups excluding carboxylic acids is 1. The van der Waals surface area contributed by atoms with Gasteiger partial charge in [-0.25, -0.2) is 18.6 Å². The van der Waals surface area contributed by atoms with Gasteiger partial charge in [0.05, 0.1) is 25.5 Å². The number of nitrogens with zero attached hydrogens (tertiary/aromatic N) is 3. The number of anilines is 1. The first kappa shape index (κ1) is 31.9. The van der Waals surface area contributed by atoms with E-state index in [1.165, 1.54) is 4.57 Å². The zero-order chi connectivity index (χ0) is 32.6. The van der Waals surface area contributed by atoms with Gasteiger partial charge in [-0.15, -0.1) is 0 Å². The van der Waals surface area contributed by atoms with E-state index in [9.17, 15) is 32.7 Å². The summed E-state index contributed by atoms with van der Waals surface area (Å²) in [4.78, 5) is 43.1. The molecule has 2 N–H and O–H groups in total. The van der Waals surface area contributed by atoms with Crippen LogP contribution in [0.5, 0.6) is 5.75 Å². The number of benzene rings is 2. The lowest BCUT2D eigenvalue weighted by Gasteiger charge is -2.38. The van der Waals surface area contributed by atoms with Crippen molar-refractivity contribution in [2.24, 2.45) is 7.05 Å². The van der Waals surface area contributed by atoms with Gasteiger partial charge in [-0.05, 0) is 49.1 Å². The first-order valence-corrected chi connectivity index (χ1v) is 14.0. The van der Waals surface area contributed by atoms with E-state index in [-0.39, 0.29) is 30.8 Å². The number of alkyl halides is 3. The zero-order valence-electron chi connectivity index (χ0n) is 24.2. The molecule has 5 rings (SSSR count). The van der Waals surface area contributed by atoms with Gasteiger partial charge in [-0.3, -0.25) is 9.59 Å². The maximum Gasteiger partial charge on any atom is 0.411 e. The van der Waals surface area contributed by atoms with Gasteiger partial charge in [-0.2, -0.15) is 13.2 Å². The highest BCUT2D eigenvalue weighted by Crippen LogP contribution is 2.37. The number of aromatic nitrogens is 2. The van der Waals surface area contributed by atoms with Gasteiger partial charge in [0.1, 0.15) is 40.7 Å². The fourth-order valence-corrected chi connectivity index (χ4v) is 5.62. The van der Waals surface area contributed by atoms with E-state index in [1.807, 2.05) is 0 Å². The van der Waals surface area contributed by atoms with E-state index in [0.717, 1.165) is 4.90 Å². The molecule has 3 aromatic rings. The molecule has 10 nitrogen and oxygen atoms in total. The Labute approximate surface area is 253 Å². The van der Waals surface area contributed by atoms with Gasteiger partial charge in [-0.1, -0.05) is 6.07 Å². The highest BCUT2D eigenvalue weighted by molar-refractivity contribution is 5.97. The van der Waals surface area contributed by atoms with Crippen LogP contribution in [-0.2, 0) is 29.4 Å². The van der Waals surface area contributed by atoms with Crippen LogP contribution < -0.4 is 20.5 Å². The second kappa shape index (κ2) is 12.5. The molecule has 2 aromatic carbocycles. The number of ether oxygens (including phenoxy) is 2. The fraction of sp³-hybridized carbons (Fsp3) is 0.400. The number of hydrogen-bond acceptors (Lipinski definition) is 7. The Balaban J connectivity index is 1.42. The van der Waals surface area contributed by atoms with Crippen LogP contribution in [0, 0.1) is 18.6 Å². The van der Waals surface area contributed by atoms with Crippen molar-refractivity contribution >= 4 is 17.6 Å². The molecule has 3 heterocycles. The zero-order valence-corrected chi connectivity index (χ0v) is 24.2. The Morgan fingerprint density at radius 2 is 1.89 bits per heavy atom. The molecule has 15 heteroatoms. The SMILES string of the molecule is Cc1cn(C)c(=O)c(-c2ccc(C[C@H](NC(=O)c3c(F)cc(N4CCOC[C@@H]4C(F)(F)F)cc3F)C(=O)O)c3c2OCCC3)n1. The van der Waals surface area contributed by atoms with Crippen molar-refractivity contribution in [3.63, 3.8) is 0 Å². The van der Waals surface area contributed by atoms with E-state index in [4.69, 9.17) is 9.47 Å². The Kier molecular flexibility index (Phi) is 8.83. The van der Waals surface area contributed by atoms with Crippen molar-refractivity contribution in [3.8, 4) is 17.0 Å². The molecule has 0 aliphatic carbocycles. The van der Waals surface area contributed by atoms with Gasteiger partial charge in [0.2, 0.25) is 0 Å². The quantitative estimate of drug-likeness (QED) is 0.378. The molecule has 0 spiro atoms. The van der Waals surface area contributed by atoms with Gasteiger partial charge in [0.25, 0.3) is 11.5 Å². The minimum absolute atomic E-state index is 0.105. The van der Waals surface area contributed by atoms with Crippen LogP contribution in [0.2, 0.25) is 0 Å². The lowest BCUT2D eigenvalue weighted by atomic mass is 9.91. The topological polar surface area (TPSA) is 123 Å². The third-order valence-electron chi connectivity index (χ3n) is 7.74. The molecule has 1 amide bonds. The Morgan fingerprint density at radius 3 is 2.56 bits per heavy atom. The highest BCUT2D eigenvalue weighted by Gasteiger charge is 2.46. The number of halogens is 5. The Bertz CT molecular complexity index is 1690. The van der Waals surface area contributed by atoms with Crippen LogP contribution in [-0.4, -0.2) is 71.2 Å². The number of nitrogens with one attached hydrogen (secondary N) is 1. The molecule has 0 saturated carbocycles.